The second-order valence-corrected chi connectivity index (χ2v) is 5.87. The summed E-state index contributed by atoms with van der Waals surface area (Å²) in [6, 6.07) is 9.62. The molecule has 1 aromatic carbocycles. The number of ether oxygens (including phenoxy) is 2. The number of benzene rings is 1. The minimum absolute atomic E-state index is 0.0491. The molecule has 2 aliphatic carbocycles. The zero-order chi connectivity index (χ0) is 14.8. The zero-order valence-corrected chi connectivity index (χ0v) is 12.1. The van der Waals surface area contributed by atoms with Gasteiger partial charge in [0.05, 0.1) is 23.7 Å². The Balaban J connectivity index is 1.59. The van der Waals surface area contributed by atoms with E-state index in [0.29, 0.717) is 5.56 Å². The van der Waals surface area contributed by atoms with Crippen LogP contribution < -0.4 is 0 Å². The molecule has 1 aromatic rings. The van der Waals surface area contributed by atoms with Gasteiger partial charge < -0.3 is 9.47 Å². The molecule has 0 aliphatic heterocycles. The number of hydrogen-bond acceptors (Lipinski definition) is 4. The first-order valence-electron chi connectivity index (χ1n) is 7.46. The fraction of sp³-hybridized carbons (Fsp3) is 0.529. The Morgan fingerprint density at radius 2 is 2.14 bits per heavy atom. The van der Waals surface area contributed by atoms with Crippen LogP contribution >= 0.6 is 0 Å². The van der Waals surface area contributed by atoms with Crippen LogP contribution in [0.1, 0.15) is 42.7 Å². The first kappa shape index (κ1) is 14.1. The van der Waals surface area contributed by atoms with Crippen molar-refractivity contribution in [2.75, 3.05) is 7.11 Å². The van der Waals surface area contributed by atoms with Crippen molar-refractivity contribution in [1.82, 2.24) is 0 Å². The third kappa shape index (κ3) is 2.93. The SMILES string of the molecule is COC1CCCC1OC(=O)C1CC1c1cccc(C#N)c1. The normalized spacial score (nSPS) is 30.7. The van der Waals surface area contributed by atoms with Crippen molar-refractivity contribution in [3.8, 4) is 6.07 Å². The molecule has 0 N–H and O–H groups in total. The van der Waals surface area contributed by atoms with E-state index in [1.807, 2.05) is 18.2 Å². The molecule has 0 heterocycles. The first-order chi connectivity index (χ1) is 10.2. The average molecular weight is 285 g/mol. The van der Waals surface area contributed by atoms with Crippen LogP contribution in [0.5, 0.6) is 0 Å². The summed E-state index contributed by atoms with van der Waals surface area (Å²) in [5.74, 6) is 0.0292. The second kappa shape index (κ2) is 5.87. The summed E-state index contributed by atoms with van der Waals surface area (Å²) in [4.78, 5) is 12.2. The van der Waals surface area contributed by atoms with Gasteiger partial charge in [0.1, 0.15) is 6.10 Å². The van der Waals surface area contributed by atoms with E-state index in [9.17, 15) is 4.79 Å². The van der Waals surface area contributed by atoms with Crippen molar-refractivity contribution in [2.24, 2.45) is 5.92 Å². The standard InChI is InChI=1S/C17H19NO3/c1-20-15-6-3-7-16(15)21-17(19)14-9-13(14)12-5-2-4-11(8-12)10-18/h2,4-5,8,13-16H,3,6-7,9H2,1H3. The third-order valence-corrected chi connectivity index (χ3v) is 4.50. The molecule has 4 unspecified atom stereocenters. The molecule has 0 saturated heterocycles. The summed E-state index contributed by atoms with van der Waals surface area (Å²) in [7, 11) is 1.67. The molecule has 0 spiro atoms. The molecular weight excluding hydrogens is 266 g/mol. The first-order valence-corrected chi connectivity index (χ1v) is 7.46. The Morgan fingerprint density at radius 1 is 1.33 bits per heavy atom. The summed E-state index contributed by atoms with van der Waals surface area (Å²) >= 11 is 0. The van der Waals surface area contributed by atoms with Gasteiger partial charge in [-0.05, 0) is 49.3 Å². The molecule has 21 heavy (non-hydrogen) atoms. The maximum Gasteiger partial charge on any atom is 0.309 e. The minimum atomic E-state index is -0.115. The molecule has 0 radical (unpaired) electrons. The van der Waals surface area contributed by atoms with Crippen LogP contribution in [0.2, 0.25) is 0 Å². The van der Waals surface area contributed by atoms with Gasteiger partial charge in [0.25, 0.3) is 0 Å². The van der Waals surface area contributed by atoms with Gasteiger partial charge in [0.15, 0.2) is 0 Å². The van der Waals surface area contributed by atoms with Crippen LogP contribution in [0, 0.1) is 17.2 Å². The Bertz CT molecular complexity index is 578. The lowest BCUT2D eigenvalue weighted by atomic mass is 10.1. The molecule has 2 saturated carbocycles. The number of nitriles is 1. The van der Waals surface area contributed by atoms with Crippen LogP contribution in [0.15, 0.2) is 24.3 Å². The average Bonchev–Trinajstić information content (AvgIpc) is 3.21. The fourth-order valence-corrected chi connectivity index (χ4v) is 3.20. The molecule has 110 valence electrons. The molecule has 4 heteroatoms. The summed E-state index contributed by atoms with van der Waals surface area (Å²) in [5, 5.41) is 8.93. The van der Waals surface area contributed by atoms with Crippen molar-refractivity contribution in [3.05, 3.63) is 35.4 Å². The fourth-order valence-electron chi connectivity index (χ4n) is 3.20. The van der Waals surface area contributed by atoms with Crippen molar-refractivity contribution in [2.45, 2.75) is 43.8 Å². The molecule has 0 amide bonds. The van der Waals surface area contributed by atoms with Gasteiger partial charge in [-0.2, -0.15) is 5.26 Å². The predicted octanol–water partition coefficient (Wildman–Crippen LogP) is 2.77. The summed E-state index contributed by atoms with van der Waals surface area (Å²) < 4.78 is 11.0. The highest BCUT2D eigenvalue weighted by molar-refractivity contribution is 5.77. The van der Waals surface area contributed by atoms with Gasteiger partial charge in [-0.1, -0.05) is 12.1 Å². The molecule has 0 aromatic heterocycles. The van der Waals surface area contributed by atoms with E-state index in [2.05, 4.69) is 6.07 Å². The van der Waals surface area contributed by atoms with E-state index >= 15 is 0 Å². The van der Waals surface area contributed by atoms with Gasteiger partial charge in [-0.25, -0.2) is 0 Å². The van der Waals surface area contributed by atoms with Crippen molar-refractivity contribution >= 4 is 5.97 Å². The molecule has 2 aliphatic rings. The topological polar surface area (TPSA) is 59.3 Å². The minimum Gasteiger partial charge on any atom is -0.459 e. The Kier molecular flexibility index (Phi) is 3.94. The molecule has 2 fully saturated rings. The lowest BCUT2D eigenvalue weighted by Crippen LogP contribution is -2.28. The molecule has 0 bridgehead atoms. The smallest absolute Gasteiger partial charge is 0.309 e. The summed E-state index contributed by atoms with van der Waals surface area (Å²) in [6.45, 7) is 0. The Morgan fingerprint density at radius 3 is 2.90 bits per heavy atom. The van der Waals surface area contributed by atoms with Gasteiger partial charge in [-0.15, -0.1) is 0 Å². The molecule has 3 rings (SSSR count). The second-order valence-electron chi connectivity index (χ2n) is 5.87. The predicted molar refractivity (Wildman–Crippen MR) is 76.5 cm³/mol. The summed E-state index contributed by atoms with van der Waals surface area (Å²) in [5.41, 5.74) is 1.70. The number of nitrogens with zero attached hydrogens (tertiary/aromatic N) is 1. The van der Waals surface area contributed by atoms with Crippen LogP contribution in [-0.2, 0) is 14.3 Å². The van der Waals surface area contributed by atoms with E-state index < -0.39 is 0 Å². The van der Waals surface area contributed by atoms with E-state index in [4.69, 9.17) is 14.7 Å². The van der Waals surface area contributed by atoms with Crippen molar-refractivity contribution in [1.29, 1.82) is 5.26 Å². The van der Waals surface area contributed by atoms with Crippen LogP contribution in [0.25, 0.3) is 0 Å². The van der Waals surface area contributed by atoms with Gasteiger partial charge in [0.2, 0.25) is 0 Å². The highest BCUT2D eigenvalue weighted by Gasteiger charge is 2.46. The quantitative estimate of drug-likeness (QED) is 0.798. The van der Waals surface area contributed by atoms with E-state index in [-0.39, 0.29) is 30.0 Å². The highest BCUT2D eigenvalue weighted by Crippen LogP contribution is 2.48. The Labute approximate surface area is 124 Å². The monoisotopic (exact) mass is 285 g/mol. The number of carbonyl (C=O) groups excluding carboxylic acids is 1. The van der Waals surface area contributed by atoms with E-state index in [1.54, 1.807) is 13.2 Å². The zero-order valence-electron chi connectivity index (χ0n) is 12.1. The van der Waals surface area contributed by atoms with Crippen molar-refractivity contribution in [3.63, 3.8) is 0 Å². The van der Waals surface area contributed by atoms with Crippen molar-refractivity contribution < 1.29 is 14.3 Å². The van der Waals surface area contributed by atoms with Crippen LogP contribution in [0.4, 0.5) is 0 Å². The number of esters is 1. The maximum absolute atomic E-state index is 12.2. The number of rotatable bonds is 4. The maximum atomic E-state index is 12.2. The highest BCUT2D eigenvalue weighted by atomic mass is 16.6. The summed E-state index contributed by atoms with van der Waals surface area (Å²) in [6.07, 6.45) is 3.69. The Hall–Kier alpha value is -1.86. The van der Waals surface area contributed by atoms with Gasteiger partial charge >= 0.3 is 5.97 Å². The molecule has 4 atom stereocenters. The molecule has 4 nitrogen and oxygen atoms in total. The lowest BCUT2D eigenvalue weighted by molar-refractivity contribution is -0.156. The number of methoxy groups -OCH3 is 1. The number of hydrogen-bond donors (Lipinski definition) is 0. The van der Waals surface area contributed by atoms with Crippen LogP contribution in [-0.4, -0.2) is 25.3 Å². The third-order valence-electron chi connectivity index (χ3n) is 4.50. The van der Waals surface area contributed by atoms with Crippen LogP contribution in [0.3, 0.4) is 0 Å². The van der Waals surface area contributed by atoms with E-state index in [1.165, 1.54) is 0 Å². The molecular formula is C17H19NO3. The lowest BCUT2D eigenvalue weighted by Gasteiger charge is -2.18. The van der Waals surface area contributed by atoms with Gasteiger partial charge in [-0.3, -0.25) is 4.79 Å². The number of carbonyl (C=O) groups is 1. The van der Waals surface area contributed by atoms with E-state index in [0.717, 1.165) is 31.2 Å². The largest absolute Gasteiger partial charge is 0.459 e. The van der Waals surface area contributed by atoms with Gasteiger partial charge in [0, 0.05) is 7.11 Å².